The molecular weight excluding hydrogens is 274 g/mol. The molecule has 3 heterocycles. The van der Waals surface area contributed by atoms with E-state index in [1.807, 2.05) is 19.2 Å². The molecule has 0 spiro atoms. The Labute approximate surface area is 123 Å². The Kier molecular flexibility index (Phi) is 3.52. The first kappa shape index (κ1) is 13.6. The van der Waals surface area contributed by atoms with Gasteiger partial charge in [0.2, 0.25) is 0 Å². The maximum atomic E-state index is 9.41. The summed E-state index contributed by atoms with van der Waals surface area (Å²) in [4.78, 5) is 11.1. The summed E-state index contributed by atoms with van der Waals surface area (Å²) in [5, 5.41) is 11.9. The van der Waals surface area contributed by atoms with Crippen LogP contribution in [0.1, 0.15) is 31.7 Å². The minimum atomic E-state index is 0.0336. The lowest BCUT2D eigenvalue weighted by molar-refractivity contribution is 0.273. The van der Waals surface area contributed by atoms with E-state index in [1.165, 1.54) is 6.42 Å². The molecule has 2 aromatic heterocycles. The van der Waals surface area contributed by atoms with Crippen molar-refractivity contribution in [3.05, 3.63) is 29.2 Å². The number of nitrogens with zero attached hydrogens (tertiary/aromatic N) is 3. The van der Waals surface area contributed by atoms with Crippen molar-refractivity contribution in [2.24, 2.45) is 0 Å². The fourth-order valence-corrected chi connectivity index (χ4v) is 2.83. The van der Waals surface area contributed by atoms with Crippen molar-refractivity contribution in [2.75, 3.05) is 18.1 Å². The highest BCUT2D eigenvalue weighted by atomic mass is 35.5. The van der Waals surface area contributed by atoms with Gasteiger partial charge in [0.1, 0.15) is 11.0 Å². The Morgan fingerprint density at radius 2 is 2.20 bits per heavy atom. The standard InChI is InChI=1S/C15H18ClN3O/c1-9(8-20)12-6-18-15(19-4-3-10(19)2)13-7-17-14(16)5-11(12)13/h5-7,9-10,20H,3-4,8H2,1-2H3/t9-,10+/m1/s1. The summed E-state index contributed by atoms with van der Waals surface area (Å²) in [6, 6.07) is 2.39. The van der Waals surface area contributed by atoms with Crippen LogP contribution in [0.25, 0.3) is 10.8 Å². The van der Waals surface area contributed by atoms with E-state index in [0.717, 1.165) is 28.7 Å². The second-order valence-corrected chi connectivity index (χ2v) is 5.89. The van der Waals surface area contributed by atoms with Crippen molar-refractivity contribution in [1.82, 2.24) is 9.97 Å². The first-order valence-electron chi connectivity index (χ1n) is 6.93. The number of aliphatic hydroxyl groups is 1. The van der Waals surface area contributed by atoms with Crippen LogP contribution in [0.5, 0.6) is 0 Å². The van der Waals surface area contributed by atoms with Gasteiger partial charge in [-0.15, -0.1) is 0 Å². The summed E-state index contributed by atoms with van der Waals surface area (Å²) in [5.74, 6) is 1.00. The fourth-order valence-electron chi connectivity index (χ4n) is 2.67. The van der Waals surface area contributed by atoms with Gasteiger partial charge in [0.15, 0.2) is 0 Å². The molecule has 0 unspecified atom stereocenters. The number of aromatic nitrogens is 2. The van der Waals surface area contributed by atoms with Crippen LogP contribution >= 0.6 is 11.6 Å². The van der Waals surface area contributed by atoms with E-state index in [0.29, 0.717) is 11.2 Å². The molecule has 1 saturated heterocycles. The molecule has 1 N–H and O–H groups in total. The lowest BCUT2D eigenvalue weighted by atomic mass is 9.97. The third kappa shape index (κ3) is 2.13. The van der Waals surface area contributed by atoms with Crippen molar-refractivity contribution < 1.29 is 5.11 Å². The van der Waals surface area contributed by atoms with Crippen LogP contribution in [-0.4, -0.2) is 34.3 Å². The average molecular weight is 292 g/mol. The normalized spacial score (nSPS) is 20.0. The average Bonchev–Trinajstić information content (AvgIpc) is 2.44. The molecule has 3 rings (SSSR count). The zero-order chi connectivity index (χ0) is 14.3. The topological polar surface area (TPSA) is 49.3 Å². The molecule has 5 heteroatoms. The molecule has 106 valence electrons. The molecule has 2 aromatic rings. The highest BCUT2D eigenvalue weighted by Crippen LogP contribution is 2.35. The summed E-state index contributed by atoms with van der Waals surface area (Å²) in [6.07, 6.45) is 4.84. The number of anilines is 1. The molecule has 0 aliphatic carbocycles. The van der Waals surface area contributed by atoms with Gasteiger partial charge in [-0.3, -0.25) is 0 Å². The Bertz CT molecular complexity index is 646. The maximum absolute atomic E-state index is 9.41. The predicted octanol–water partition coefficient (Wildman–Crippen LogP) is 2.98. The van der Waals surface area contributed by atoms with Gasteiger partial charge in [-0.25, -0.2) is 9.97 Å². The van der Waals surface area contributed by atoms with Gasteiger partial charge >= 0.3 is 0 Å². The Balaban J connectivity index is 2.20. The maximum Gasteiger partial charge on any atom is 0.138 e. The van der Waals surface area contributed by atoms with E-state index in [9.17, 15) is 5.11 Å². The zero-order valence-electron chi connectivity index (χ0n) is 11.7. The fraction of sp³-hybridized carbons (Fsp3) is 0.467. The third-order valence-electron chi connectivity index (χ3n) is 4.15. The first-order chi connectivity index (χ1) is 9.61. The lowest BCUT2D eigenvalue weighted by Gasteiger charge is -2.40. The molecule has 2 atom stereocenters. The number of hydrogen-bond donors (Lipinski definition) is 1. The van der Waals surface area contributed by atoms with E-state index in [4.69, 9.17) is 11.6 Å². The lowest BCUT2D eigenvalue weighted by Crippen LogP contribution is -2.46. The number of halogens is 1. The summed E-state index contributed by atoms with van der Waals surface area (Å²) in [6.45, 7) is 5.30. The van der Waals surface area contributed by atoms with E-state index >= 15 is 0 Å². The quantitative estimate of drug-likeness (QED) is 0.883. The van der Waals surface area contributed by atoms with Gasteiger partial charge in [0, 0.05) is 42.9 Å². The van der Waals surface area contributed by atoms with Gasteiger partial charge in [0.05, 0.1) is 0 Å². The molecule has 1 fully saturated rings. The predicted molar refractivity (Wildman–Crippen MR) is 81.5 cm³/mol. The van der Waals surface area contributed by atoms with Crippen LogP contribution in [-0.2, 0) is 0 Å². The van der Waals surface area contributed by atoms with Gasteiger partial charge in [-0.05, 0) is 30.4 Å². The van der Waals surface area contributed by atoms with Gasteiger partial charge in [0.25, 0.3) is 0 Å². The molecule has 0 amide bonds. The first-order valence-corrected chi connectivity index (χ1v) is 7.31. The van der Waals surface area contributed by atoms with Crippen LogP contribution < -0.4 is 4.90 Å². The Morgan fingerprint density at radius 1 is 1.40 bits per heavy atom. The number of aliphatic hydroxyl groups excluding tert-OH is 1. The second-order valence-electron chi connectivity index (χ2n) is 5.50. The number of hydrogen-bond acceptors (Lipinski definition) is 4. The van der Waals surface area contributed by atoms with Crippen LogP contribution in [0, 0.1) is 0 Å². The highest BCUT2D eigenvalue weighted by Gasteiger charge is 2.27. The molecule has 4 nitrogen and oxygen atoms in total. The SMILES string of the molecule is C[C@H](CO)c1cnc(N2CC[C@@H]2C)c2cnc(Cl)cc12. The van der Waals surface area contributed by atoms with E-state index < -0.39 is 0 Å². The van der Waals surface area contributed by atoms with Crippen LogP contribution in [0.15, 0.2) is 18.5 Å². The largest absolute Gasteiger partial charge is 0.396 e. The summed E-state index contributed by atoms with van der Waals surface area (Å²) >= 11 is 6.04. The van der Waals surface area contributed by atoms with Crippen molar-refractivity contribution in [3.8, 4) is 0 Å². The van der Waals surface area contributed by atoms with E-state index in [1.54, 1.807) is 6.20 Å². The minimum absolute atomic E-state index is 0.0336. The highest BCUT2D eigenvalue weighted by molar-refractivity contribution is 6.30. The molecule has 1 aliphatic heterocycles. The summed E-state index contributed by atoms with van der Waals surface area (Å²) < 4.78 is 0. The molecule has 20 heavy (non-hydrogen) atoms. The summed E-state index contributed by atoms with van der Waals surface area (Å²) in [7, 11) is 0. The van der Waals surface area contributed by atoms with Crippen LogP contribution in [0.4, 0.5) is 5.82 Å². The number of fused-ring (bicyclic) bond motifs is 1. The second kappa shape index (κ2) is 5.19. The van der Waals surface area contributed by atoms with Crippen molar-refractivity contribution in [1.29, 1.82) is 0 Å². The molecule has 0 aromatic carbocycles. The molecule has 0 radical (unpaired) electrons. The van der Waals surface area contributed by atoms with E-state index in [-0.39, 0.29) is 12.5 Å². The minimum Gasteiger partial charge on any atom is -0.396 e. The Hall–Kier alpha value is -1.39. The van der Waals surface area contributed by atoms with Crippen molar-refractivity contribution in [3.63, 3.8) is 0 Å². The smallest absolute Gasteiger partial charge is 0.138 e. The van der Waals surface area contributed by atoms with Crippen LogP contribution in [0.3, 0.4) is 0 Å². The molecular formula is C15H18ClN3O. The molecule has 0 bridgehead atoms. The van der Waals surface area contributed by atoms with E-state index in [2.05, 4.69) is 21.8 Å². The monoisotopic (exact) mass is 291 g/mol. The van der Waals surface area contributed by atoms with Gasteiger partial charge in [-0.2, -0.15) is 0 Å². The number of pyridine rings is 2. The zero-order valence-corrected chi connectivity index (χ0v) is 12.4. The van der Waals surface area contributed by atoms with Crippen LogP contribution in [0.2, 0.25) is 5.15 Å². The third-order valence-corrected chi connectivity index (χ3v) is 4.35. The van der Waals surface area contributed by atoms with Gasteiger partial charge < -0.3 is 10.0 Å². The Morgan fingerprint density at radius 3 is 2.80 bits per heavy atom. The van der Waals surface area contributed by atoms with Gasteiger partial charge in [-0.1, -0.05) is 18.5 Å². The molecule has 1 aliphatic rings. The van der Waals surface area contributed by atoms with Crippen molar-refractivity contribution >= 4 is 28.2 Å². The summed E-state index contributed by atoms with van der Waals surface area (Å²) in [5.41, 5.74) is 1.02. The van der Waals surface area contributed by atoms with Crippen molar-refractivity contribution in [2.45, 2.75) is 32.2 Å². The number of rotatable bonds is 3. The molecule has 0 saturated carbocycles.